The lowest BCUT2D eigenvalue weighted by Crippen LogP contribution is -2.47. The maximum Gasteiger partial charge on any atom is 0.409 e. The molecule has 0 radical (unpaired) electrons. The molecule has 0 aliphatic carbocycles. The molecule has 0 aromatic carbocycles. The molecule has 2 nitrogen and oxygen atoms in total. The molecule has 86 valence electrons. The Morgan fingerprint density at radius 2 is 1.60 bits per heavy atom. The van der Waals surface area contributed by atoms with Crippen LogP contribution in [0.15, 0.2) is 0 Å². The van der Waals surface area contributed by atoms with Gasteiger partial charge < -0.3 is 5.32 Å². The largest absolute Gasteiger partial charge is 0.409 e. The highest BCUT2D eigenvalue weighted by molar-refractivity contribution is 5.80. The van der Waals surface area contributed by atoms with Crippen LogP contribution in [0.2, 0.25) is 0 Å². The lowest BCUT2D eigenvalue weighted by atomic mass is 10.1. The van der Waals surface area contributed by atoms with Gasteiger partial charge in [0.25, 0.3) is 0 Å². The lowest BCUT2D eigenvalue weighted by molar-refractivity contribution is -0.274. The normalized spacial score (nSPS) is 12.4. The summed E-state index contributed by atoms with van der Waals surface area (Å²) in [5.41, 5.74) is 0. The Hall–Kier alpha value is -1.39. The van der Waals surface area contributed by atoms with E-state index in [1.807, 2.05) is 0 Å². The summed E-state index contributed by atoms with van der Waals surface area (Å²) in [5, 5.41) is 1.33. The maximum atomic E-state index is 11.9. The summed E-state index contributed by atoms with van der Waals surface area (Å²) in [5.74, 6) is -4.55. The van der Waals surface area contributed by atoms with E-state index in [1.165, 1.54) is 5.32 Å². The van der Waals surface area contributed by atoms with E-state index in [9.17, 15) is 31.1 Å². The van der Waals surface area contributed by atoms with Crippen molar-refractivity contribution in [3.05, 3.63) is 0 Å². The molecule has 0 aliphatic rings. The van der Waals surface area contributed by atoms with Gasteiger partial charge in [-0.1, -0.05) is 5.92 Å². The second-order valence-electron chi connectivity index (χ2n) is 2.44. The van der Waals surface area contributed by atoms with Crippen molar-refractivity contribution >= 4 is 5.91 Å². The van der Waals surface area contributed by atoms with Crippen LogP contribution < -0.4 is 5.32 Å². The summed E-state index contributed by atoms with van der Waals surface area (Å²) in [6.07, 6.45) is -6.80. The van der Waals surface area contributed by atoms with Gasteiger partial charge in [0.15, 0.2) is 0 Å². The van der Waals surface area contributed by atoms with Crippen LogP contribution in [0.5, 0.6) is 0 Å². The first kappa shape index (κ1) is 13.6. The summed E-state index contributed by atoms with van der Waals surface area (Å²) < 4.78 is 71.2. The van der Waals surface area contributed by atoms with Crippen LogP contribution in [0.4, 0.5) is 26.3 Å². The van der Waals surface area contributed by atoms with E-state index in [-0.39, 0.29) is 0 Å². The first-order valence-electron chi connectivity index (χ1n) is 3.45. The number of halogens is 6. The van der Waals surface area contributed by atoms with Crippen molar-refractivity contribution in [2.75, 3.05) is 6.54 Å². The average molecular weight is 233 g/mol. The summed E-state index contributed by atoms with van der Waals surface area (Å²) >= 11 is 0. The van der Waals surface area contributed by atoms with E-state index < -0.39 is 30.7 Å². The molecule has 0 unspecified atom stereocenters. The number of carbonyl (C=O) groups excluding carboxylic acids is 1. The Bertz CT molecular complexity index is 259. The average Bonchev–Trinajstić information content (AvgIpc) is 1.94. The van der Waals surface area contributed by atoms with Crippen molar-refractivity contribution in [3.63, 3.8) is 0 Å². The molecule has 0 aliphatic heterocycles. The number of nitrogens with one attached hydrogen (secondary N) is 1. The zero-order valence-electron chi connectivity index (χ0n) is 7.04. The smallest absolute Gasteiger partial charge is 0.344 e. The number of rotatable bonds is 2. The molecule has 1 amide bonds. The Kier molecular flexibility index (Phi) is 4.01. The molecule has 0 saturated heterocycles. The SMILES string of the molecule is C#CCNC(=O)C(C(F)(F)F)C(F)(F)F. The number of amides is 1. The maximum absolute atomic E-state index is 11.9. The predicted molar refractivity (Wildman–Crippen MR) is 37.4 cm³/mol. The van der Waals surface area contributed by atoms with E-state index in [2.05, 4.69) is 6.42 Å². The monoisotopic (exact) mass is 233 g/mol. The fourth-order valence-electron chi connectivity index (χ4n) is 0.723. The molecule has 0 spiro atoms. The van der Waals surface area contributed by atoms with E-state index in [0.29, 0.717) is 0 Å². The van der Waals surface area contributed by atoms with E-state index in [0.717, 1.165) is 0 Å². The van der Waals surface area contributed by atoms with Crippen molar-refractivity contribution in [2.24, 2.45) is 5.92 Å². The van der Waals surface area contributed by atoms with Gasteiger partial charge in [-0.05, 0) is 0 Å². The highest BCUT2D eigenvalue weighted by Crippen LogP contribution is 2.39. The Balaban J connectivity index is 4.83. The highest BCUT2D eigenvalue weighted by Gasteiger charge is 2.60. The second-order valence-corrected chi connectivity index (χ2v) is 2.44. The number of alkyl halides is 6. The predicted octanol–water partition coefficient (Wildman–Crippen LogP) is 1.48. The summed E-state index contributed by atoms with van der Waals surface area (Å²) in [4.78, 5) is 10.5. The quantitative estimate of drug-likeness (QED) is 0.568. The highest BCUT2D eigenvalue weighted by atomic mass is 19.4. The van der Waals surface area contributed by atoms with Crippen LogP contribution in [0.1, 0.15) is 0 Å². The van der Waals surface area contributed by atoms with Crippen LogP contribution in [-0.2, 0) is 4.79 Å². The zero-order valence-corrected chi connectivity index (χ0v) is 7.04. The van der Waals surface area contributed by atoms with Crippen LogP contribution in [0, 0.1) is 18.3 Å². The molecule has 0 saturated carbocycles. The molecule has 0 bridgehead atoms. The van der Waals surface area contributed by atoms with Crippen LogP contribution in [0.3, 0.4) is 0 Å². The van der Waals surface area contributed by atoms with Crippen molar-refractivity contribution in [1.82, 2.24) is 5.32 Å². The van der Waals surface area contributed by atoms with Gasteiger partial charge in [-0.25, -0.2) is 0 Å². The molecule has 0 heterocycles. The molecular formula is C7H5F6NO. The first-order valence-corrected chi connectivity index (χ1v) is 3.45. The standard InChI is InChI=1S/C7H5F6NO/c1-2-3-14-5(15)4(6(8,9)10)7(11,12)13/h1,4H,3H2,(H,14,15). The molecule has 1 N–H and O–H groups in total. The number of hydrogen-bond donors (Lipinski definition) is 1. The van der Waals surface area contributed by atoms with E-state index in [4.69, 9.17) is 0 Å². The Morgan fingerprint density at radius 1 is 1.20 bits per heavy atom. The van der Waals surface area contributed by atoms with Crippen molar-refractivity contribution < 1.29 is 31.1 Å². The van der Waals surface area contributed by atoms with Crippen LogP contribution in [0.25, 0.3) is 0 Å². The molecule has 0 fully saturated rings. The minimum atomic E-state index is -5.68. The third kappa shape index (κ3) is 4.10. The molecule has 0 aromatic heterocycles. The Morgan fingerprint density at radius 3 is 1.87 bits per heavy atom. The Labute approximate surface area is 80.6 Å². The van der Waals surface area contributed by atoms with Gasteiger partial charge in [0.1, 0.15) is 0 Å². The molecule has 15 heavy (non-hydrogen) atoms. The van der Waals surface area contributed by atoms with Crippen LogP contribution in [-0.4, -0.2) is 24.8 Å². The van der Waals surface area contributed by atoms with Gasteiger partial charge in [-0.15, -0.1) is 6.42 Å². The summed E-state index contributed by atoms with van der Waals surface area (Å²) in [6, 6.07) is 0. The lowest BCUT2D eigenvalue weighted by Gasteiger charge is -2.21. The van der Waals surface area contributed by atoms with Crippen LogP contribution >= 0.6 is 0 Å². The molecule has 0 atom stereocenters. The minimum Gasteiger partial charge on any atom is -0.344 e. The zero-order chi connectivity index (χ0) is 12.3. The van der Waals surface area contributed by atoms with Gasteiger partial charge in [-0.2, -0.15) is 26.3 Å². The summed E-state index contributed by atoms with van der Waals surface area (Å²) in [7, 11) is 0. The van der Waals surface area contributed by atoms with Gasteiger partial charge >= 0.3 is 12.4 Å². The minimum absolute atomic E-state index is 0.693. The molecule has 8 heteroatoms. The molecular weight excluding hydrogens is 228 g/mol. The van der Waals surface area contributed by atoms with Crippen molar-refractivity contribution in [1.29, 1.82) is 0 Å². The van der Waals surface area contributed by atoms with E-state index in [1.54, 1.807) is 5.92 Å². The van der Waals surface area contributed by atoms with Crippen molar-refractivity contribution in [2.45, 2.75) is 12.4 Å². The summed E-state index contributed by atoms with van der Waals surface area (Å²) in [6.45, 7) is -0.693. The molecule has 0 aromatic rings. The van der Waals surface area contributed by atoms with Gasteiger partial charge in [0.2, 0.25) is 11.8 Å². The first-order chi connectivity index (χ1) is 6.60. The topological polar surface area (TPSA) is 29.1 Å². The van der Waals surface area contributed by atoms with Gasteiger partial charge in [-0.3, -0.25) is 4.79 Å². The number of terminal acetylenes is 1. The van der Waals surface area contributed by atoms with E-state index >= 15 is 0 Å². The third-order valence-corrected chi connectivity index (χ3v) is 1.28. The molecule has 0 rings (SSSR count). The number of carbonyl (C=O) groups is 1. The second kappa shape index (κ2) is 4.42. The fraction of sp³-hybridized carbons (Fsp3) is 0.571. The fourth-order valence-corrected chi connectivity index (χ4v) is 0.723. The number of hydrogen-bond acceptors (Lipinski definition) is 1. The third-order valence-electron chi connectivity index (χ3n) is 1.28. The van der Waals surface area contributed by atoms with Gasteiger partial charge in [0.05, 0.1) is 6.54 Å². The van der Waals surface area contributed by atoms with Crippen molar-refractivity contribution in [3.8, 4) is 12.3 Å². The van der Waals surface area contributed by atoms with Gasteiger partial charge in [0, 0.05) is 0 Å².